The first kappa shape index (κ1) is 12.9. The molecule has 90 valence electrons. The van der Waals surface area contributed by atoms with Crippen molar-refractivity contribution in [1.29, 1.82) is 0 Å². The van der Waals surface area contributed by atoms with Gasteiger partial charge >= 0.3 is 0 Å². The minimum atomic E-state index is -0.144. The van der Waals surface area contributed by atoms with Gasteiger partial charge in [0.15, 0.2) is 0 Å². The number of hydrogen-bond acceptors (Lipinski definition) is 3. The smallest absolute Gasteiger partial charge is 0.0693 e. The molecule has 1 saturated carbocycles. The standard InChI is InChI=1S/C12H25NO2/c1-2-3-9-15-10-8-13-11-6-4-5-7-12(11)14/h11-14H,2-10H2,1H3/t11-,12-/m0/s1. The molecule has 0 saturated heterocycles. The molecule has 2 atom stereocenters. The molecule has 0 unspecified atom stereocenters. The van der Waals surface area contributed by atoms with Crippen LogP contribution < -0.4 is 5.32 Å². The van der Waals surface area contributed by atoms with E-state index in [9.17, 15) is 5.11 Å². The van der Waals surface area contributed by atoms with Crippen LogP contribution in [0.15, 0.2) is 0 Å². The Morgan fingerprint density at radius 2 is 2.07 bits per heavy atom. The second-order valence-electron chi connectivity index (χ2n) is 4.38. The van der Waals surface area contributed by atoms with Gasteiger partial charge in [-0.2, -0.15) is 0 Å². The molecule has 0 aromatic heterocycles. The molecular weight excluding hydrogens is 190 g/mol. The maximum Gasteiger partial charge on any atom is 0.0693 e. The Morgan fingerprint density at radius 3 is 2.80 bits per heavy atom. The topological polar surface area (TPSA) is 41.5 Å². The van der Waals surface area contributed by atoms with Crippen molar-refractivity contribution in [1.82, 2.24) is 5.32 Å². The first-order chi connectivity index (χ1) is 7.34. The summed E-state index contributed by atoms with van der Waals surface area (Å²) in [5.41, 5.74) is 0. The van der Waals surface area contributed by atoms with Crippen molar-refractivity contribution in [3.8, 4) is 0 Å². The molecule has 0 radical (unpaired) electrons. The average molecular weight is 215 g/mol. The van der Waals surface area contributed by atoms with Crippen LogP contribution >= 0.6 is 0 Å². The Morgan fingerprint density at radius 1 is 1.27 bits per heavy atom. The Bertz CT molecular complexity index is 153. The molecule has 15 heavy (non-hydrogen) atoms. The highest BCUT2D eigenvalue weighted by molar-refractivity contribution is 4.79. The van der Waals surface area contributed by atoms with E-state index in [1.165, 1.54) is 19.3 Å². The number of aliphatic hydroxyl groups is 1. The fourth-order valence-corrected chi connectivity index (χ4v) is 2.01. The third-order valence-electron chi connectivity index (χ3n) is 3.02. The second kappa shape index (κ2) is 8.08. The van der Waals surface area contributed by atoms with Gasteiger partial charge in [0.1, 0.15) is 0 Å². The molecule has 3 nitrogen and oxygen atoms in total. The molecule has 0 heterocycles. The number of unbranched alkanes of at least 4 members (excludes halogenated alkanes) is 1. The van der Waals surface area contributed by atoms with Crippen molar-refractivity contribution < 1.29 is 9.84 Å². The molecule has 2 N–H and O–H groups in total. The summed E-state index contributed by atoms with van der Waals surface area (Å²) in [7, 11) is 0. The molecule has 3 heteroatoms. The zero-order valence-electron chi connectivity index (χ0n) is 9.87. The molecule has 1 rings (SSSR count). The van der Waals surface area contributed by atoms with Gasteiger partial charge in [0, 0.05) is 19.2 Å². The molecule has 0 bridgehead atoms. The minimum Gasteiger partial charge on any atom is -0.392 e. The number of hydrogen-bond donors (Lipinski definition) is 2. The van der Waals surface area contributed by atoms with Crippen LogP contribution in [0.1, 0.15) is 45.4 Å². The van der Waals surface area contributed by atoms with E-state index in [0.717, 1.165) is 39.0 Å². The van der Waals surface area contributed by atoms with E-state index in [1.807, 2.05) is 0 Å². The molecule has 0 amide bonds. The molecule has 1 aliphatic carbocycles. The first-order valence-electron chi connectivity index (χ1n) is 6.33. The highest BCUT2D eigenvalue weighted by atomic mass is 16.5. The Balaban J connectivity index is 1.94. The van der Waals surface area contributed by atoms with E-state index in [4.69, 9.17) is 4.74 Å². The van der Waals surface area contributed by atoms with Gasteiger partial charge in [0.2, 0.25) is 0 Å². The van der Waals surface area contributed by atoms with Crippen LogP contribution in [-0.4, -0.2) is 37.0 Å². The summed E-state index contributed by atoms with van der Waals surface area (Å²) in [5.74, 6) is 0. The van der Waals surface area contributed by atoms with Crippen LogP contribution in [0.2, 0.25) is 0 Å². The Hall–Kier alpha value is -0.120. The van der Waals surface area contributed by atoms with Gasteiger partial charge in [-0.3, -0.25) is 0 Å². The lowest BCUT2D eigenvalue weighted by molar-refractivity contribution is 0.0798. The predicted molar refractivity (Wildman–Crippen MR) is 62.0 cm³/mol. The summed E-state index contributed by atoms with van der Waals surface area (Å²) in [6.45, 7) is 4.67. The van der Waals surface area contributed by atoms with Crippen LogP contribution in [-0.2, 0) is 4.74 Å². The van der Waals surface area contributed by atoms with Gasteiger partial charge < -0.3 is 15.2 Å². The van der Waals surface area contributed by atoms with Gasteiger partial charge in [-0.05, 0) is 19.3 Å². The quantitative estimate of drug-likeness (QED) is 0.635. The summed E-state index contributed by atoms with van der Waals surface area (Å²) >= 11 is 0. The van der Waals surface area contributed by atoms with Gasteiger partial charge in [-0.15, -0.1) is 0 Å². The maximum absolute atomic E-state index is 9.71. The first-order valence-corrected chi connectivity index (χ1v) is 6.33. The molecule has 1 fully saturated rings. The van der Waals surface area contributed by atoms with Crippen molar-refractivity contribution in [2.75, 3.05) is 19.8 Å². The number of aliphatic hydroxyl groups excluding tert-OH is 1. The minimum absolute atomic E-state index is 0.144. The van der Waals surface area contributed by atoms with Crippen LogP contribution in [0.4, 0.5) is 0 Å². The van der Waals surface area contributed by atoms with E-state index in [2.05, 4.69) is 12.2 Å². The fraction of sp³-hybridized carbons (Fsp3) is 1.00. The number of nitrogens with one attached hydrogen (secondary N) is 1. The summed E-state index contributed by atoms with van der Waals surface area (Å²) in [6.07, 6.45) is 6.66. The average Bonchev–Trinajstić information content (AvgIpc) is 2.25. The SMILES string of the molecule is CCCCOCCN[C@H]1CCCC[C@@H]1O. The van der Waals surface area contributed by atoms with E-state index < -0.39 is 0 Å². The van der Waals surface area contributed by atoms with E-state index in [1.54, 1.807) is 0 Å². The van der Waals surface area contributed by atoms with Crippen molar-refractivity contribution >= 4 is 0 Å². The Kier molecular flexibility index (Phi) is 6.98. The second-order valence-corrected chi connectivity index (χ2v) is 4.38. The molecule has 0 aromatic carbocycles. The molecule has 0 spiro atoms. The fourth-order valence-electron chi connectivity index (χ4n) is 2.01. The highest BCUT2D eigenvalue weighted by Crippen LogP contribution is 2.17. The summed E-state index contributed by atoms with van der Waals surface area (Å²) in [5, 5.41) is 13.1. The van der Waals surface area contributed by atoms with Gasteiger partial charge in [-0.1, -0.05) is 26.2 Å². The van der Waals surface area contributed by atoms with Crippen LogP contribution in [0.5, 0.6) is 0 Å². The lowest BCUT2D eigenvalue weighted by Crippen LogP contribution is -2.43. The van der Waals surface area contributed by atoms with E-state index in [0.29, 0.717) is 6.04 Å². The summed E-state index contributed by atoms with van der Waals surface area (Å²) in [6, 6.07) is 0.300. The number of rotatable bonds is 7. The predicted octanol–water partition coefficient (Wildman–Crippen LogP) is 1.70. The van der Waals surface area contributed by atoms with Crippen molar-refractivity contribution in [2.45, 2.75) is 57.6 Å². The third-order valence-corrected chi connectivity index (χ3v) is 3.02. The monoisotopic (exact) mass is 215 g/mol. The van der Waals surface area contributed by atoms with Crippen LogP contribution in [0.3, 0.4) is 0 Å². The maximum atomic E-state index is 9.71. The van der Waals surface area contributed by atoms with E-state index in [-0.39, 0.29) is 6.10 Å². The van der Waals surface area contributed by atoms with Crippen molar-refractivity contribution in [3.05, 3.63) is 0 Å². The lowest BCUT2D eigenvalue weighted by Gasteiger charge is -2.28. The van der Waals surface area contributed by atoms with Crippen LogP contribution in [0, 0.1) is 0 Å². The van der Waals surface area contributed by atoms with Crippen molar-refractivity contribution in [3.63, 3.8) is 0 Å². The largest absolute Gasteiger partial charge is 0.392 e. The number of ether oxygens (including phenoxy) is 1. The lowest BCUT2D eigenvalue weighted by atomic mass is 9.93. The van der Waals surface area contributed by atoms with Gasteiger partial charge in [-0.25, -0.2) is 0 Å². The molecular formula is C12H25NO2. The Labute approximate surface area is 93.2 Å². The highest BCUT2D eigenvalue weighted by Gasteiger charge is 2.21. The summed E-state index contributed by atoms with van der Waals surface area (Å²) < 4.78 is 5.46. The zero-order chi connectivity index (χ0) is 10.9. The summed E-state index contributed by atoms with van der Waals surface area (Å²) in [4.78, 5) is 0. The molecule has 0 aromatic rings. The molecule has 0 aliphatic heterocycles. The van der Waals surface area contributed by atoms with E-state index >= 15 is 0 Å². The van der Waals surface area contributed by atoms with Crippen molar-refractivity contribution in [2.24, 2.45) is 0 Å². The molecule has 1 aliphatic rings. The van der Waals surface area contributed by atoms with Gasteiger partial charge in [0.25, 0.3) is 0 Å². The van der Waals surface area contributed by atoms with Crippen LogP contribution in [0.25, 0.3) is 0 Å². The third kappa shape index (κ3) is 5.50. The zero-order valence-corrected chi connectivity index (χ0v) is 9.87. The van der Waals surface area contributed by atoms with Gasteiger partial charge in [0.05, 0.1) is 12.7 Å². The normalized spacial score (nSPS) is 26.8.